The largest absolute Gasteiger partial charge is 0.490 e. The molecule has 1 saturated heterocycles. The summed E-state index contributed by atoms with van der Waals surface area (Å²) in [5.74, 6) is 0.239. The molecular weight excluding hydrogens is 535 g/mol. The average molecular weight is 562 g/mol. The van der Waals surface area contributed by atoms with Crippen molar-refractivity contribution in [2.24, 2.45) is 11.1 Å². The standard InChI is InChI=1S/C28H26F3NO6S/c29-28(30,31)19-9-11-21(12-10-19)39(34,35)38-32-25(15-18-5-1-2-6-18)27(33)24-13-14-26(37-17-20-16-36-20)23-8-4-3-7-22(23)24/h3-4,7-14,18,20H,1-2,5-6,15-17H2/b32-25+. The molecule has 0 spiro atoms. The van der Waals surface area contributed by atoms with Gasteiger partial charge in [0.2, 0.25) is 5.78 Å². The van der Waals surface area contributed by atoms with Crippen molar-refractivity contribution in [3.8, 4) is 5.75 Å². The van der Waals surface area contributed by atoms with Crippen LogP contribution in [-0.4, -0.2) is 39.2 Å². The van der Waals surface area contributed by atoms with Crippen molar-refractivity contribution in [2.75, 3.05) is 13.2 Å². The molecule has 11 heteroatoms. The number of fused-ring (bicyclic) bond motifs is 1. The summed E-state index contributed by atoms with van der Waals surface area (Å²) in [6, 6.07) is 13.4. The minimum absolute atomic E-state index is 0.0546. The van der Waals surface area contributed by atoms with Gasteiger partial charge in [0.15, 0.2) is 0 Å². The van der Waals surface area contributed by atoms with Crippen LogP contribution in [0.5, 0.6) is 5.75 Å². The van der Waals surface area contributed by atoms with E-state index in [4.69, 9.17) is 13.8 Å². The number of halogens is 3. The van der Waals surface area contributed by atoms with Gasteiger partial charge in [-0.15, -0.1) is 0 Å². The zero-order valence-corrected chi connectivity index (χ0v) is 21.6. The number of benzene rings is 3. The first-order valence-corrected chi connectivity index (χ1v) is 14.0. The third-order valence-corrected chi connectivity index (χ3v) is 8.01. The first-order chi connectivity index (χ1) is 18.6. The Kier molecular flexibility index (Phi) is 7.64. The number of nitrogens with zero attached hydrogens (tertiary/aromatic N) is 1. The monoisotopic (exact) mass is 561 g/mol. The van der Waals surface area contributed by atoms with E-state index in [-0.39, 0.29) is 24.2 Å². The van der Waals surface area contributed by atoms with Crippen LogP contribution >= 0.6 is 0 Å². The smallest absolute Gasteiger partial charge is 0.416 e. The average Bonchev–Trinajstić information content (AvgIpc) is 3.61. The second-order valence-corrected chi connectivity index (χ2v) is 11.2. The molecule has 3 aromatic carbocycles. The van der Waals surface area contributed by atoms with Crippen molar-refractivity contribution in [2.45, 2.75) is 49.3 Å². The molecule has 1 atom stereocenters. The number of hydrogen-bond donors (Lipinski definition) is 0. The molecule has 7 nitrogen and oxygen atoms in total. The number of ether oxygens (including phenoxy) is 2. The third kappa shape index (κ3) is 6.42. The van der Waals surface area contributed by atoms with E-state index in [2.05, 4.69) is 5.16 Å². The second kappa shape index (κ2) is 11.0. The molecule has 2 fully saturated rings. The maximum atomic E-state index is 13.8. The van der Waals surface area contributed by atoms with Crippen molar-refractivity contribution >= 4 is 32.4 Å². The van der Waals surface area contributed by atoms with Gasteiger partial charge in [-0.25, -0.2) is 0 Å². The van der Waals surface area contributed by atoms with E-state index in [9.17, 15) is 26.4 Å². The highest BCUT2D eigenvalue weighted by Crippen LogP contribution is 2.33. The third-order valence-electron chi connectivity index (χ3n) is 6.89. The van der Waals surface area contributed by atoms with Gasteiger partial charge in [0.25, 0.3) is 0 Å². The van der Waals surface area contributed by atoms with E-state index in [1.807, 2.05) is 12.1 Å². The fourth-order valence-electron chi connectivity index (χ4n) is 4.70. The molecule has 5 rings (SSSR count). The van der Waals surface area contributed by atoms with Crippen molar-refractivity contribution < 1.29 is 40.1 Å². The van der Waals surface area contributed by atoms with Crippen molar-refractivity contribution in [3.05, 3.63) is 71.8 Å². The molecule has 0 amide bonds. The van der Waals surface area contributed by atoms with Gasteiger partial charge >= 0.3 is 16.3 Å². The molecule has 206 valence electrons. The Balaban J connectivity index is 1.44. The van der Waals surface area contributed by atoms with Gasteiger partial charge in [-0.05, 0) is 54.1 Å². The number of alkyl halides is 3. The Bertz CT molecular complexity index is 1490. The summed E-state index contributed by atoms with van der Waals surface area (Å²) < 4.78 is 80.1. The lowest BCUT2D eigenvalue weighted by Crippen LogP contribution is -2.20. The Morgan fingerprint density at radius 1 is 0.974 bits per heavy atom. The minimum Gasteiger partial charge on any atom is -0.490 e. The summed E-state index contributed by atoms with van der Waals surface area (Å²) in [5.41, 5.74) is -0.749. The highest BCUT2D eigenvalue weighted by atomic mass is 32.2. The number of ketones is 1. The van der Waals surface area contributed by atoms with Gasteiger partial charge in [0, 0.05) is 10.9 Å². The second-order valence-electron chi connectivity index (χ2n) is 9.70. The summed E-state index contributed by atoms with van der Waals surface area (Å²) in [6.45, 7) is 1.03. The molecule has 1 heterocycles. The fraction of sp³-hybridized carbons (Fsp3) is 0.357. The quantitative estimate of drug-likeness (QED) is 0.127. The highest BCUT2D eigenvalue weighted by molar-refractivity contribution is 7.86. The highest BCUT2D eigenvalue weighted by Gasteiger charge is 2.31. The molecule has 1 aliphatic heterocycles. The van der Waals surface area contributed by atoms with Crippen molar-refractivity contribution in [3.63, 3.8) is 0 Å². The number of epoxide rings is 1. The van der Waals surface area contributed by atoms with E-state index in [0.717, 1.165) is 37.8 Å². The van der Waals surface area contributed by atoms with Crippen molar-refractivity contribution in [1.29, 1.82) is 0 Å². The molecule has 3 aromatic rings. The topological polar surface area (TPSA) is 94.6 Å². The maximum absolute atomic E-state index is 13.8. The van der Waals surface area contributed by atoms with Gasteiger partial charge in [-0.1, -0.05) is 55.1 Å². The van der Waals surface area contributed by atoms with E-state index in [1.54, 1.807) is 24.3 Å². The number of Topliss-reactive ketones (excluding diaryl/α,β-unsaturated/α-hetero) is 1. The fourth-order valence-corrected chi connectivity index (χ4v) is 5.45. The van der Waals surface area contributed by atoms with E-state index >= 15 is 0 Å². The van der Waals surface area contributed by atoms with E-state index < -0.39 is 32.5 Å². The molecule has 0 bridgehead atoms. The van der Waals surface area contributed by atoms with Crippen LogP contribution in [0.25, 0.3) is 10.8 Å². The van der Waals surface area contributed by atoms with Crippen LogP contribution in [0, 0.1) is 5.92 Å². The normalized spacial score (nSPS) is 18.3. The molecule has 0 radical (unpaired) electrons. The van der Waals surface area contributed by atoms with Crippen LogP contribution in [0.1, 0.15) is 48.0 Å². The number of carbonyl (C=O) groups is 1. The van der Waals surface area contributed by atoms with Gasteiger partial charge in [0.05, 0.1) is 12.2 Å². The first kappa shape index (κ1) is 27.1. The zero-order valence-electron chi connectivity index (χ0n) is 20.8. The molecular formula is C28H26F3NO6S. The van der Waals surface area contributed by atoms with Gasteiger partial charge < -0.3 is 9.47 Å². The minimum atomic E-state index is -4.61. The summed E-state index contributed by atoms with van der Waals surface area (Å²) in [4.78, 5) is 13.2. The summed E-state index contributed by atoms with van der Waals surface area (Å²) in [5, 5.41) is 5.11. The molecule has 0 aromatic heterocycles. The van der Waals surface area contributed by atoms with Gasteiger partial charge in [0.1, 0.15) is 29.1 Å². The van der Waals surface area contributed by atoms with Crippen LogP contribution in [-0.2, 0) is 25.3 Å². The first-order valence-electron chi connectivity index (χ1n) is 12.6. The van der Waals surface area contributed by atoms with Crippen molar-refractivity contribution in [1.82, 2.24) is 0 Å². The predicted octanol–water partition coefficient (Wildman–Crippen LogP) is 6.16. The number of rotatable bonds is 10. The molecule has 2 aliphatic rings. The van der Waals surface area contributed by atoms with Crippen LogP contribution in [0.15, 0.2) is 70.7 Å². The summed E-state index contributed by atoms with van der Waals surface area (Å²) in [7, 11) is -4.56. The molecule has 0 N–H and O–H groups in total. The van der Waals surface area contributed by atoms with E-state index in [1.165, 1.54) is 0 Å². The summed E-state index contributed by atoms with van der Waals surface area (Å²) >= 11 is 0. The van der Waals surface area contributed by atoms with Crippen LogP contribution in [0.2, 0.25) is 0 Å². The summed E-state index contributed by atoms with van der Waals surface area (Å²) in [6.07, 6.45) is -0.611. The SMILES string of the molecule is O=C(/C(CC1CCCC1)=N/OS(=O)(=O)c1ccc(C(F)(F)F)cc1)c1ccc(OCC2CO2)c2ccccc12. The van der Waals surface area contributed by atoms with E-state index in [0.29, 0.717) is 47.4 Å². The molecule has 1 unspecified atom stereocenters. The lowest BCUT2D eigenvalue weighted by molar-refractivity contribution is -0.137. The van der Waals surface area contributed by atoms with Crippen LogP contribution in [0.3, 0.4) is 0 Å². The van der Waals surface area contributed by atoms with Crippen LogP contribution < -0.4 is 4.74 Å². The van der Waals surface area contributed by atoms with Gasteiger partial charge in [-0.2, -0.15) is 21.6 Å². The number of oxime groups is 1. The predicted molar refractivity (Wildman–Crippen MR) is 137 cm³/mol. The Morgan fingerprint density at radius 2 is 1.64 bits per heavy atom. The Hall–Kier alpha value is -3.44. The van der Waals surface area contributed by atoms with Gasteiger partial charge in [-0.3, -0.25) is 9.08 Å². The molecule has 39 heavy (non-hydrogen) atoms. The lowest BCUT2D eigenvalue weighted by atomic mass is 9.93. The Morgan fingerprint density at radius 3 is 2.28 bits per heavy atom. The maximum Gasteiger partial charge on any atom is 0.416 e. The zero-order chi connectivity index (χ0) is 27.6. The number of carbonyl (C=O) groups excluding carboxylic acids is 1. The lowest BCUT2D eigenvalue weighted by Gasteiger charge is -2.14. The molecule has 1 saturated carbocycles. The van der Waals surface area contributed by atoms with Crippen LogP contribution in [0.4, 0.5) is 13.2 Å². The Labute approximate surface area is 223 Å². The number of hydrogen-bond acceptors (Lipinski definition) is 7. The molecule has 1 aliphatic carbocycles.